The summed E-state index contributed by atoms with van der Waals surface area (Å²) in [6, 6.07) is 7.28. The molecule has 1 N–H and O–H groups in total. The molecule has 0 saturated heterocycles. The Hall–Kier alpha value is -2.21. The van der Waals surface area contributed by atoms with Crippen molar-refractivity contribution in [2.24, 2.45) is 0 Å². The summed E-state index contributed by atoms with van der Waals surface area (Å²) in [6.45, 7) is 3.84. The number of esters is 1. The molecule has 0 aliphatic carbocycles. The van der Waals surface area contributed by atoms with Crippen LogP contribution in [0.25, 0.3) is 10.9 Å². The molecule has 6 nitrogen and oxygen atoms in total. The van der Waals surface area contributed by atoms with Crippen LogP contribution in [0.3, 0.4) is 0 Å². The zero-order chi connectivity index (χ0) is 15.4. The maximum Gasteiger partial charge on any atom is 0.361 e. The lowest BCUT2D eigenvalue weighted by atomic mass is 10.1. The number of carbonyl (C=O) groups excluding carboxylic acids is 1. The zero-order valence-corrected chi connectivity index (χ0v) is 12.4. The number of aromatic nitrogens is 2. The Morgan fingerprint density at radius 2 is 2.10 bits per heavy atom. The number of aliphatic hydroxyl groups excluding tert-OH is 1. The lowest BCUT2D eigenvalue weighted by Gasteiger charge is -2.27. The zero-order valence-electron chi connectivity index (χ0n) is 12.4. The minimum Gasteiger partial charge on any atom is -0.461 e. The van der Waals surface area contributed by atoms with Gasteiger partial charge in [-0.15, -0.1) is 10.2 Å². The van der Waals surface area contributed by atoms with Crippen LogP contribution in [-0.4, -0.2) is 47.6 Å². The van der Waals surface area contributed by atoms with Gasteiger partial charge in [-0.1, -0.05) is 18.2 Å². The third-order valence-electron chi connectivity index (χ3n) is 3.39. The summed E-state index contributed by atoms with van der Waals surface area (Å²) < 4.78 is 5.05. The van der Waals surface area contributed by atoms with Crippen molar-refractivity contribution in [2.75, 3.05) is 25.2 Å². The average Bonchev–Trinajstić information content (AvgIpc) is 2.52. The number of hydrogen-bond donors (Lipinski definition) is 1. The molecule has 0 aliphatic rings. The predicted molar refractivity (Wildman–Crippen MR) is 80.4 cm³/mol. The smallest absolute Gasteiger partial charge is 0.361 e. The van der Waals surface area contributed by atoms with Gasteiger partial charge < -0.3 is 14.7 Å². The first kappa shape index (κ1) is 15.2. The van der Waals surface area contributed by atoms with Crippen LogP contribution in [0.4, 0.5) is 5.69 Å². The molecular formula is C15H19N3O3. The van der Waals surface area contributed by atoms with E-state index in [-0.39, 0.29) is 24.9 Å². The van der Waals surface area contributed by atoms with Crippen molar-refractivity contribution in [3.05, 3.63) is 30.0 Å². The number of carbonyl (C=O) groups is 1. The van der Waals surface area contributed by atoms with E-state index in [1.165, 1.54) is 0 Å². The van der Waals surface area contributed by atoms with Gasteiger partial charge in [0.25, 0.3) is 0 Å². The lowest BCUT2D eigenvalue weighted by Crippen LogP contribution is -2.33. The van der Waals surface area contributed by atoms with Gasteiger partial charge >= 0.3 is 5.97 Å². The van der Waals surface area contributed by atoms with Gasteiger partial charge in [0.15, 0.2) is 5.69 Å². The highest BCUT2D eigenvalue weighted by atomic mass is 16.5. The van der Waals surface area contributed by atoms with Crippen LogP contribution in [0, 0.1) is 0 Å². The fourth-order valence-corrected chi connectivity index (χ4v) is 2.08. The molecule has 0 radical (unpaired) electrons. The molecular weight excluding hydrogens is 270 g/mol. The normalized spacial score (nSPS) is 12.2. The summed E-state index contributed by atoms with van der Waals surface area (Å²) in [5.74, 6) is -0.511. The molecule has 0 spiro atoms. The molecule has 2 rings (SSSR count). The largest absolute Gasteiger partial charge is 0.461 e. The number of fused-ring (bicyclic) bond motifs is 1. The van der Waals surface area contributed by atoms with Crippen molar-refractivity contribution in [3.63, 3.8) is 0 Å². The Morgan fingerprint density at radius 3 is 2.76 bits per heavy atom. The predicted octanol–water partition coefficient (Wildman–Crippen LogP) is 1.62. The van der Waals surface area contributed by atoms with E-state index < -0.39 is 5.97 Å². The minimum absolute atomic E-state index is 0.0323. The van der Waals surface area contributed by atoms with E-state index in [4.69, 9.17) is 4.74 Å². The first-order chi connectivity index (χ1) is 10.1. The Morgan fingerprint density at radius 1 is 1.38 bits per heavy atom. The second-order valence-corrected chi connectivity index (χ2v) is 4.78. The minimum atomic E-state index is -0.511. The van der Waals surface area contributed by atoms with E-state index in [0.29, 0.717) is 11.2 Å². The first-order valence-corrected chi connectivity index (χ1v) is 6.86. The number of benzene rings is 1. The van der Waals surface area contributed by atoms with E-state index in [1.807, 2.05) is 43.1 Å². The standard InChI is InChI=1S/C15H19N3O3/c1-4-21-15(20)13-14(18(3)10(2)9-19)11-7-5-6-8-12(11)16-17-13/h5-8,10,19H,4,9H2,1-3H3. The van der Waals surface area contributed by atoms with Crippen molar-refractivity contribution in [1.82, 2.24) is 10.2 Å². The molecule has 1 heterocycles. The molecule has 1 aromatic heterocycles. The van der Waals surface area contributed by atoms with Crippen molar-refractivity contribution >= 4 is 22.6 Å². The molecule has 0 aliphatic heterocycles. The Kier molecular flexibility index (Phi) is 4.70. The summed E-state index contributed by atoms with van der Waals surface area (Å²) in [4.78, 5) is 13.9. The summed E-state index contributed by atoms with van der Waals surface area (Å²) in [5, 5.41) is 18.3. The molecule has 2 aromatic rings. The van der Waals surface area contributed by atoms with Crippen LogP contribution < -0.4 is 4.90 Å². The highest BCUT2D eigenvalue weighted by Gasteiger charge is 2.23. The fraction of sp³-hybridized carbons (Fsp3) is 0.400. The Balaban J connectivity index is 2.65. The number of ether oxygens (including phenoxy) is 1. The molecule has 112 valence electrons. The van der Waals surface area contributed by atoms with Crippen molar-refractivity contribution in [3.8, 4) is 0 Å². The molecule has 0 fully saturated rings. The number of aliphatic hydroxyl groups is 1. The maximum absolute atomic E-state index is 12.1. The maximum atomic E-state index is 12.1. The molecule has 0 bridgehead atoms. The third-order valence-corrected chi connectivity index (χ3v) is 3.39. The fourth-order valence-electron chi connectivity index (χ4n) is 2.08. The monoisotopic (exact) mass is 289 g/mol. The molecule has 0 saturated carbocycles. The summed E-state index contributed by atoms with van der Waals surface area (Å²) in [7, 11) is 1.81. The topological polar surface area (TPSA) is 75.5 Å². The van der Waals surface area contributed by atoms with Crippen LogP contribution >= 0.6 is 0 Å². The molecule has 1 aromatic carbocycles. The quantitative estimate of drug-likeness (QED) is 0.843. The van der Waals surface area contributed by atoms with E-state index in [2.05, 4.69) is 10.2 Å². The van der Waals surface area contributed by atoms with E-state index in [9.17, 15) is 9.90 Å². The summed E-state index contributed by atoms with van der Waals surface area (Å²) in [6.07, 6.45) is 0. The molecule has 6 heteroatoms. The number of rotatable bonds is 5. The number of nitrogens with zero attached hydrogens (tertiary/aromatic N) is 3. The van der Waals surface area contributed by atoms with Crippen LogP contribution in [0.2, 0.25) is 0 Å². The van der Waals surface area contributed by atoms with Gasteiger partial charge in [-0.2, -0.15) is 0 Å². The second-order valence-electron chi connectivity index (χ2n) is 4.78. The van der Waals surface area contributed by atoms with Crippen molar-refractivity contribution in [1.29, 1.82) is 0 Å². The van der Waals surface area contributed by atoms with Crippen LogP contribution in [0.5, 0.6) is 0 Å². The van der Waals surface area contributed by atoms with E-state index in [1.54, 1.807) is 6.92 Å². The van der Waals surface area contributed by atoms with Gasteiger partial charge in [0.05, 0.1) is 24.4 Å². The van der Waals surface area contributed by atoms with Gasteiger partial charge in [0.2, 0.25) is 0 Å². The van der Waals surface area contributed by atoms with Crippen LogP contribution in [-0.2, 0) is 4.74 Å². The van der Waals surface area contributed by atoms with Gasteiger partial charge in [0.1, 0.15) is 0 Å². The van der Waals surface area contributed by atoms with Gasteiger partial charge in [-0.3, -0.25) is 0 Å². The lowest BCUT2D eigenvalue weighted by molar-refractivity contribution is 0.0519. The number of anilines is 1. The second kappa shape index (κ2) is 6.49. The first-order valence-electron chi connectivity index (χ1n) is 6.86. The molecule has 1 atom stereocenters. The van der Waals surface area contributed by atoms with Gasteiger partial charge in [-0.05, 0) is 19.9 Å². The third kappa shape index (κ3) is 2.95. The van der Waals surface area contributed by atoms with Crippen molar-refractivity contribution in [2.45, 2.75) is 19.9 Å². The molecule has 21 heavy (non-hydrogen) atoms. The highest BCUT2D eigenvalue weighted by Crippen LogP contribution is 2.29. The van der Waals surface area contributed by atoms with E-state index in [0.717, 1.165) is 5.39 Å². The Labute approximate surface area is 123 Å². The number of hydrogen-bond acceptors (Lipinski definition) is 6. The summed E-state index contributed by atoms with van der Waals surface area (Å²) in [5.41, 5.74) is 1.48. The average molecular weight is 289 g/mol. The highest BCUT2D eigenvalue weighted by molar-refractivity contribution is 6.03. The van der Waals surface area contributed by atoms with Gasteiger partial charge in [0, 0.05) is 18.5 Å². The van der Waals surface area contributed by atoms with Crippen LogP contribution in [0.15, 0.2) is 24.3 Å². The van der Waals surface area contributed by atoms with E-state index >= 15 is 0 Å². The summed E-state index contributed by atoms with van der Waals surface area (Å²) >= 11 is 0. The molecule has 0 amide bonds. The van der Waals surface area contributed by atoms with Crippen LogP contribution in [0.1, 0.15) is 24.3 Å². The van der Waals surface area contributed by atoms with Gasteiger partial charge in [-0.25, -0.2) is 4.79 Å². The SMILES string of the molecule is CCOC(=O)c1nnc2ccccc2c1N(C)C(C)CO. The van der Waals surface area contributed by atoms with Crippen molar-refractivity contribution < 1.29 is 14.6 Å². The molecule has 1 unspecified atom stereocenters. The number of likely N-dealkylation sites (N-methyl/N-ethyl adjacent to an activating group) is 1. The Bertz CT molecular complexity index is 645.